The lowest BCUT2D eigenvalue weighted by Gasteiger charge is -2.49. The van der Waals surface area contributed by atoms with E-state index in [0.29, 0.717) is 32.5 Å². The molecule has 7 nitrogen and oxygen atoms in total. The summed E-state index contributed by atoms with van der Waals surface area (Å²) in [5.74, 6) is -0.0892. The van der Waals surface area contributed by atoms with Gasteiger partial charge in [0.1, 0.15) is 0 Å². The number of hydrogen-bond donors (Lipinski definition) is 1. The quantitative estimate of drug-likeness (QED) is 0.847. The molecular weight excluding hydrogens is 324 g/mol. The lowest BCUT2D eigenvalue weighted by atomic mass is 9.76. The summed E-state index contributed by atoms with van der Waals surface area (Å²) in [6.07, 6.45) is 2.92. The summed E-state index contributed by atoms with van der Waals surface area (Å²) in [7, 11) is -0.343. The summed E-state index contributed by atoms with van der Waals surface area (Å²) in [5, 5.41) is 13.7. The van der Waals surface area contributed by atoms with Crippen molar-refractivity contribution < 1.29 is 13.5 Å². The average molecular weight is 346 g/mol. The highest BCUT2D eigenvalue weighted by Crippen LogP contribution is 2.38. The second-order valence-electron chi connectivity index (χ2n) is 6.21. The summed E-state index contributed by atoms with van der Waals surface area (Å²) in [5.41, 5.74) is -0.758. The maximum Gasteiger partial charge on any atom is 0.281 e. The molecule has 1 N–H and O–H groups in total. The van der Waals surface area contributed by atoms with Crippen LogP contribution in [0.25, 0.3) is 0 Å². The molecule has 3 rings (SSSR count). The Morgan fingerprint density at radius 2 is 2.09 bits per heavy atom. The molecular formula is C13H22N4O3S2. The van der Waals surface area contributed by atoms with Gasteiger partial charge in [-0.05, 0) is 12.8 Å². The van der Waals surface area contributed by atoms with Crippen molar-refractivity contribution in [3.05, 3.63) is 11.6 Å². The van der Waals surface area contributed by atoms with E-state index in [1.165, 1.54) is 8.61 Å². The number of rotatable bonds is 3. The minimum absolute atomic E-state index is 0.0892. The second-order valence-corrected chi connectivity index (χ2v) is 9.22. The molecule has 0 bridgehead atoms. The average Bonchev–Trinajstić information content (AvgIpc) is 2.99. The summed E-state index contributed by atoms with van der Waals surface area (Å²) >= 11 is 1.57. The first kappa shape index (κ1) is 16.1. The third-order valence-electron chi connectivity index (χ3n) is 4.71. The second kappa shape index (κ2) is 5.72. The van der Waals surface area contributed by atoms with Crippen LogP contribution in [0.2, 0.25) is 0 Å². The first-order valence-electron chi connectivity index (χ1n) is 7.37. The van der Waals surface area contributed by atoms with Gasteiger partial charge in [0, 0.05) is 57.8 Å². The number of nitrogens with zero attached hydrogens (tertiary/aromatic N) is 4. The third kappa shape index (κ3) is 2.76. The van der Waals surface area contributed by atoms with Crippen LogP contribution in [0.3, 0.4) is 0 Å². The first-order valence-corrected chi connectivity index (χ1v) is 9.65. The van der Waals surface area contributed by atoms with Gasteiger partial charge in [-0.25, -0.2) is 4.98 Å². The van der Waals surface area contributed by atoms with Gasteiger partial charge in [-0.1, -0.05) is 0 Å². The van der Waals surface area contributed by atoms with Gasteiger partial charge < -0.3 is 10.0 Å². The molecule has 0 saturated carbocycles. The molecule has 2 saturated heterocycles. The number of fused-ring (bicyclic) bond motifs is 1. The van der Waals surface area contributed by atoms with Crippen LogP contribution >= 0.6 is 11.3 Å². The van der Waals surface area contributed by atoms with Crippen molar-refractivity contribution in [3.63, 3.8) is 0 Å². The van der Waals surface area contributed by atoms with Crippen LogP contribution in [-0.4, -0.2) is 73.0 Å². The zero-order valence-corrected chi connectivity index (χ0v) is 14.5. The molecule has 0 spiro atoms. The highest BCUT2D eigenvalue weighted by molar-refractivity contribution is 7.86. The van der Waals surface area contributed by atoms with Crippen LogP contribution < -0.4 is 4.90 Å². The van der Waals surface area contributed by atoms with E-state index in [4.69, 9.17) is 0 Å². The summed E-state index contributed by atoms with van der Waals surface area (Å²) < 4.78 is 27.4. The van der Waals surface area contributed by atoms with E-state index < -0.39 is 15.8 Å². The van der Waals surface area contributed by atoms with Gasteiger partial charge in [-0.3, -0.25) is 0 Å². The van der Waals surface area contributed by atoms with Gasteiger partial charge in [-0.15, -0.1) is 11.3 Å². The predicted molar refractivity (Wildman–Crippen MR) is 86.2 cm³/mol. The summed E-state index contributed by atoms with van der Waals surface area (Å²) in [6.45, 7) is 2.15. The molecule has 0 aliphatic carbocycles. The Bertz CT molecular complexity index is 619. The Morgan fingerprint density at radius 1 is 1.36 bits per heavy atom. The van der Waals surface area contributed by atoms with Gasteiger partial charge in [0.15, 0.2) is 5.13 Å². The third-order valence-corrected chi connectivity index (χ3v) is 7.45. The lowest BCUT2D eigenvalue weighted by molar-refractivity contribution is -0.0693. The molecule has 0 amide bonds. The molecule has 2 fully saturated rings. The molecule has 2 aliphatic rings. The fourth-order valence-corrected chi connectivity index (χ4v) is 5.09. The number of hydrogen-bond acceptors (Lipinski definition) is 6. The van der Waals surface area contributed by atoms with E-state index in [1.54, 1.807) is 31.6 Å². The molecule has 1 aromatic rings. The molecule has 0 aromatic carbocycles. The van der Waals surface area contributed by atoms with Gasteiger partial charge in [-0.2, -0.15) is 17.0 Å². The van der Waals surface area contributed by atoms with Crippen LogP contribution in [0.15, 0.2) is 11.6 Å². The minimum Gasteiger partial charge on any atom is -0.389 e. The molecule has 3 heterocycles. The Kier molecular flexibility index (Phi) is 4.19. The van der Waals surface area contributed by atoms with Gasteiger partial charge >= 0.3 is 0 Å². The number of aliphatic hydroxyl groups is 1. The Balaban J connectivity index is 1.77. The first-order chi connectivity index (χ1) is 10.3. The maximum absolute atomic E-state index is 12.3. The molecule has 0 unspecified atom stereocenters. The van der Waals surface area contributed by atoms with Crippen LogP contribution in [0.5, 0.6) is 0 Å². The highest BCUT2D eigenvalue weighted by atomic mass is 32.2. The standard InChI is InChI=1S/C13H22N4O3S2/c1-15(2)22(19,20)17-7-4-13(18)3-6-16(9-11(13)10-17)12-14-5-8-21-12/h5,8,11,18H,3-4,6-7,9-10H2,1-2H3/t11-,13-/m0/s1. The number of piperidine rings is 2. The van der Waals surface area contributed by atoms with Gasteiger partial charge in [0.2, 0.25) is 0 Å². The number of thiazole rings is 1. The summed E-state index contributed by atoms with van der Waals surface area (Å²) in [6, 6.07) is 0. The van der Waals surface area contributed by atoms with Crippen molar-refractivity contribution in [2.75, 3.05) is 45.2 Å². The van der Waals surface area contributed by atoms with E-state index in [0.717, 1.165) is 11.7 Å². The molecule has 9 heteroatoms. The van der Waals surface area contributed by atoms with Crippen LogP contribution in [0.4, 0.5) is 5.13 Å². The maximum atomic E-state index is 12.3. The van der Waals surface area contributed by atoms with Crippen LogP contribution in [0, 0.1) is 5.92 Å². The van der Waals surface area contributed by atoms with Gasteiger partial charge in [0.25, 0.3) is 10.2 Å². The van der Waals surface area contributed by atoms with Crippen molar-refractivity contribution in [2.45, 2.75) is 18.4 Å². The van der Waals surface area contributed by atoms with E-state index in [2.05, 4.69) is 9.88 Å². The van der Waals surface area contributed by atoms with E-state index in [-0.39, 0.29) is 5.92 Å². The van der Waals surface area contributed by atoms with Crippen LogP contribution in [0.1, 0.15) is 12.8 Å². The SMILES string of the molecule is CN(C)S(=O)(=O)N1CC[C@@]2(O)CCN(c3nccs3)C[C@H]2C1. The fraction of sp³-hybridized carbons (Fsp3) is 0.769. The zero-order chi connectivity index (χ0) is 16.0. The molecule has 1 aromatic heterocycles. The lowest BCUT2D eigenvalue weighted by Crippen LogP contribution is -2.61. The smallest absolute Gasteiger partial charge is 0.281 e. The van der Waals surface area contributed by atoms with Gasteiger partial charge in [0.05, 0.1) is 5.60 Å². The fourth-order valence-electron chi connectivity index (χ4n) is 3.26. The molecule has 2 aliphatic heterocycles. The summed E-state index contributed by atoms with van der Waals surface area (Å²) in [4.78, 5) is 6.47. The Labute approximate surface area is 135 Å². The Hall–Kier alpha value is -0.740. The van der Waals surface area contributed by atoms with Crippen molar-refractivity contribution in [3.8, 4) is 0 Å². The molecule has 2 atom stereocenters. The highest BCUT2D eigenvalue weighted by Gasteiger charge is 2.47. The van der Waals surface area contributed by atoms with E-state index in [1.807, 2.05) is 5.38 Å². The zero-order valence-electron chi connectivity index (χ0n) is 12.8. The topological polar surface area (TPSA) is 77.0 Å². The van der Waals surface area contributed by atoms with Crippen molar-refractivity contribution in [1.82, 2.24) is 13.6 Å². The monoisotopic (exact) mass is 346 g/mol. The largest absolute Gasteiger partial charge is 0.389 e. The van der Waals surface area contributed by atoms with E-state index >= 15 is 0 Å². The van der Waals surface area contributed by atoms with Crippen molar-refractivity contribution >= 4 is 26.7 Å². The normalized spacial score (nSPS) is 30.5. The predicted octanol–water partition coefficient (Wildman–Crippen LogP) is 0.213. The number of aromatic nitrogens is 1. The molecule has 124 valence electrons. The van der Waals surface area contributed by atoms with Crippen LogP contribution in [-0.2, 0) is 10.2 Å². The minimum atomic E-state index is -3.42. The van der Waals surface area contributed by atoms with E-state index in [9.17, 15) is 13.5 Å². The number of anilines is 1. The van der Waals surface area contributed by atoms with Crippen molar-refractivity contribution in [1.29, 1.82) is 0 Å². The molecule has 0 radical (unpaired) electrons. The molecule has 22 heavy (non-hydrogen) atoms. The Morgan fingerprint density at radius 3 is 2.73 bits per heavy atom. The van der Waals surface area contributed by atoms with Crippen molar-refractivity contribution in [2.24, 2.45) is 5.92 Å².